The minimum atomic E-state index is 0.793. The van der Waals surface area contributed by atoms with Gasteiger partial charge in [-0.3, -0.25) is 0 Å². The molecule has 0 atom stereocenters. The van der Waals surface area contributed by atoms with E-state index < -0.39 is 0 Å². The van der Waals surface area contributed by atoms with Gasteiger partial charge in [-0.15, -0.1) is 0 Å². The standard InChI is InChI=1S/C77H48N4O2/c1-82-55-32-33-58-60(42-55)56-25-13-14-26-57(56)61-43-66-67-45-77-75(46-73(67)80(72(66)44-62(58)61)53-23-9-4-10-24-53)81(74-39-47-17-11-12-18-48(47)40-76(74)83-77)54-31-36-71-65(41-54)64-38-50(30-35-70(64)79(71)52-21-7-3-8-22-52)49-29-34-69-63(37-49)59-27-15-16-28-68(59)78(69)51-19-5-2-6-20-51/h2-46H,1H3. The Morgan fingerprint density at radius 2 is 0.711 bits per heavy atom. The number of benzene rings is 14. The van der Waals surface area contributed by atoms with Gasteiger partial charge in [0.05, 0.1) is 51.6 Å². The van der Waals surface area contributed by atoms with Gasteiger partial charge >= 0.3 is 0 Å². The molecule has 6 heteroatoms. The Morgan fingerprint density at radius 1 is 0.265 bits per heavy atom. The van der Waals surface area contributed by atoms with Crippen molar-refractivity contribution in [2.45, 2.75) is 0 Å². The minimum Gasteiger partial charge on any atom is -0.497 e. The highest BCUT2D eigenvalue weighted by Crippen LogP contribution is 2.55. The molecule has 388 valence electrons. The smallest absolute Gasteiger partial charge is 0.152 e. The van der Waals surface area contributed by atoms with Crippen LogP contribution in [-0.4, -0.2) is 20.8 Å². The quantitative estimate of drug-likeness (QED) is 0.156. The van der Waals surface area contributed by atoms with E-state index >= 15 is 0 Å². The summed E-state index contributed by atoms with van der Waals surface area (Å²) in [4.78, 5) is 2.43. The van der Waals surface area contributed by atoms with Crippen LogP contribution in [-0.2, 0) is 0 Å². The highest BCUT2D eigenvalue weighted by molar-refractivity contribution is 6.29. The lowest BCUT2D eigenvalue weighted by Crippen LogP contribution is -2.16. The fourth-order valence-corrected chi connectivity index (χ4v) is 13.9. The molecule has 0 spiro atoms. The van der Waals surface area contributed by atoms with Crippen molar-refractivity contribution in [2.75, 3.05) is 12.0 Å². The van der Waals surface area contributed by atoms with E-state index in [4.69, 9.17) is 9.47 Å². The zero-order valence-corrected chi connectivity index (χ0v) is 45.1. The van der Waals surface area contributed by atoms with Crippen LogP contribution in [0, 0.1) is 0 Å². The highest BCUT2D eigenvalue weighted by atomic mass is 16.5. The number of hydrogen-bond donors (Lipinski definition) is 0. The lowest BCUT2D eigenvalue weighted by atomic mass is 9.93. The Kier molecular flexibility index (Phi) is 9.62. The number of para-hydroxylation sites is 4. The second-order valence-corrected chi connectivity index (χ2v) is 22.0. The number of hydrogen-bond acceptors (Lipinski definition) is 3. The first kappa shape index (κ1) is 45.7. The highest BCUT2D eigenvalue weighted by Gasteiger charge is 2.30. The number of anilines is 3. The van der Waals surface area contributed by atoms with Gasteiger partial charge in [0.2, 0.25) is 0 Å². The first-order valence-electron chi connectivity index (χ1n) is 28.3. The lowest BCUT2D eigenvalue weighted by molar-refractivity contribution is 0.415. The van der Waals surface area contributed by atoms with Crippen LogP contribution >= 0.6 is 0 Å². The average molecular weight is 1060 g/mol. The number of nitrogens with zero attached hydrogens (tertiary/aromatic N) is 4. The molecule has 0 unspecified atom stereocenters. The van der Waals surface area contributed by atoms with Crippen LogP contribution in [0.25, 0.3) is 137 Å². The van der Waals surface area contributed by atoms with Gasteiger partial charge in [-0.2, -0.15) is 0 Å². The van der Waals surface area contributed by atoms with E-state index in [-0.39, 0.29) is 0 Å². The fourth-order valence-electron chi connectivity index (χ4n) is 13.9. The molecule has 0 aliphatic carbocycles. The maximum Gasteiger partial charge on any atom is 0.152 e. The van der Waals surface area contributed by atoms with E-state index in [0.29, 0.717) is 0 Å². The number of methoxy groups -OCH3 is 1. The molecule has 0 bridgehead atoms. The molecule has 4 heterocycles. The maximum atomic E-state index is 7.25. The second kappa shape index (κ2) is 17.5. The summed E-state index contributed by atoms with van der Waals surface area (Å²) in [5.74, 6) is 2.44. The van der Waals surface area contributed by atoms with Crippen LogP contribution in [0.3, 0.4) is 0 Å². The van der Waals surface area contributed by atoms with Crippen molar-refractivity contribution < 1.29 is 9.47 Å². The van der Waals surface area contributed by atoms with Gasteiger partial charge in [0, 0.05) is 55.1 Å². The van der Waals surface area contributed by atoms with Gasteiger partial charge in [-0.1, -0.05) is 140 Å². The monoisotopic (exact) mass is 1060 g/mol. The van der Waals surface area contributed by atoms with E-state index in [2.05, 4.69) is 292 Å². The first-order chi connectivity index (χ1) is 41.1. The van der Waals surface area contributed by atoms with Gasteiger partial charge in [0.1, 0.15) is 5.75 Å². The summed E-state index contributed by atoms with van der Waals surface area (Å²) in [6.07, 6.45) is 0. The molecule has 3 aromatic heterocycles. The molecular formula is C77H48N4O2. The van der Waals surface area contributed by atoms with Crippen molar-refractivity contribution in [3.05, 3.63) is 273 Å². The topological polar surface area (TPSA) is 36.5 Å². The van der Waals surface area contributed by atoms with Crippen molar-refractivity contribution >= 4 is 126 Å². The van der Waals surface area contributed by atoms with E-state index in [1.807, 2.05) is 0 Å². The molecule has 17 aromatic rings. The summed E-state index contributed by atoms with van der Waals surface area (Å²) in [5.41, 5.74) is 15.5. The van der Waals surface area contributed by atoms with Gasteiger partial charge in [-0.05, 0) is 188 Å². The molecular weight excluding hydrogens is 1010 g/mol. The molecule has 6 nitrogen and oxygen atoms in total. The predicted octanol–water partition coefficient (Wildman–Crippen LogP) is 20.8. The molecule has 83 heavy (non-hydrogen) atoms. The summed E-state index contributed by atoms with van der Waals surface area (Å²) in [7, 11) is 1.74. The minimum absolute atomic E-state index is 0.793. The van der Waals surface area contributed by atoms with E-state index in [9.17, 15) is 0 Å². The zero-order valence-electron chi connectivity index (χ0n) is 45.1. The zero-order chi connectivity index (χ0) is 54.4. The molecule has 0 radical (unpaired) electrons. The predicted molar refractivity (Wildman–Crippen MR) is 346 cm³/mol. The molecule has 0 amide bonds. The summed E-state index contributed by atoms with van der Waals surface area (Å²) in [6.45, 7) is 0. The molecule has 18 rings (SSSR count). The Bertz CT molecular complexity index is 5580. The van der Waals surface area contributed by atoms with Gasteiger partial charge < -0.3 is 28.1 Å². The van der Waals surface area contributed by atoms with E-state index in [1.165, 1.54) is 65.1 Å². The third kappa shape index (κ3) is 6.72. The second-order valence-electron chi connectivity index (χ2n) is 22.0. The SMILES string of the molecule is COc1ccc2c(c1)c1ccccc1c1cc3c4cc5c(cc4n(-c4ccccc4)c3cc21)N(c1ccc2c(c1)c1cc(-c3ccc4c(c3)c3ccccc3n4-c3ccccc3)ccc1n2-c1ccccc1)c1cc2ccccc2cc1O5. The molecule has 1 aliphatic rings. The van der Waals surface area contributed by atoms with Crippen molar-refractivity contribution in [3.8, 4) is 45.4 Å². The van der Waals surface area contributed by atoms with Crippen LogP contribution in [0.5, 0.6) is 17.2 Å². The average Bonchev–Trinajstić information content (AvgIpc) is 2.66. The van der Waals surface area contributed by atoms with E-state index in [0.717, 1.165) is 106 Å². The van der Waals surface area contributed by atoms with Crippen molar-refractivity contribution in [1.29, 1.82) is 0 Å². The fraction of sp³-hybridized carbons (Fsp3) is 0.0130. The van der Waals surface area contributed by atoms with Crippen LogP contribution in [0.2, 0.25) is 0 Å². The Hall–Kier alpha value is -11.1. The largest absolute Gasteiger partial charge is 0.497 e. The molecule has 0 N–H and O–H groups in total. The normalized spacial score (nSPS) is 12.5. The van der Waals surface area contributed by atoms with Crippen LogP contribution < -0.4 is 14.4 Å². The number of fused-ring (bicyclic) bond motifs is 18. The van der Waals surface area contributed by atoms with Crippen LogP contribution in [0.15, 0.2) is 273 Å². The van der Waals surface area contributed by atoms with Gasteiger partial charge in [0.15, 0.2) is 11.5 Å². The first-order valence-corrected chi connectivity index (χ1v) is 28.3. The third-order valence-corrected chi connectivity index (χ3v) is 17.6. The van der Waals surface area contributed by atoms with Gasteiger partial charge in [-0.25, -0.2) is 0 Å². The Balaban J connectivity index is 0.886. The molecule has 0 fully saturated rings. The van der Waals surface area contributed by atoms with Crippen molar-refractivity contribution in [2.24, 2.45) is 0 Å². The van der Waals surface area contributed by atoms with Crippen molar-refractivity contribution in [1.82, 2.24) is 13.7 Å². The van der Waals surface area contributed by atoms with Crippen LogP contribution in [0.1, 0.15) is 0 Å². The van der Waals surface area contributed by atoms with Crippen LogP contribution in [0.4, 0.5) is 17.1 Å². The summed E-state index contributed by atoms with van der Waals surface area (Å²) < 4.78 is 20.3. The maximum absolute atomic E-state index is 7.25. The third-order valence-electron chi connectivity index (χ3n) is 17.6. The number of ether oxygens (including phenoxy) is 2. The summed E-state index contributed by atoms with van der Waals surface area (Å²) in [5, 5.41) is 16.5. The Morgan fingerprint density at radius 3 is 1.36 bits per heavy atom. The number of aromatic nitrogens is 3. The van der Waals surface area contributed by atoms with E-state index in [1.54, 1.807) is 7.11 Å². The molecule has 1 aliphatic heterocycles. The summed E-state index contributed by atoms with van der Waals surface area (Å²) in [6, 6.07) is 99.8. The van der Waals surface area contributed by atoms with Crippen molar-refractivity contribution in [3.63, 3.8) is 0 Å². The Labute approximate surface area is 476 Å². The molecule has 0 saturated heterocycles. The lowest BCUT2D eigenvalue weighted by Gasteiger charge is -2.33. The number of rotatable bonds is 6. The summed E-state index contributed by atoms with van der Waals surface area (Å²) >= 11 is 0. The molecule has 0 saturated carbocycles. The van der Waals surface area contributed by atoms with Gasteiger partial charge in [0.25, 0.3) is 0 Å². The molecule has 14 aromatic carbocycles.